The van der Waals surface area contributed by atoms with E-state index in [1.54, 1.807) is 4.90 Å². The van der Waals surface area contributed by atoms with Gasteiger partial charge in [-0.05, 0) is 37.8 Å². The van der Waals surface area contributed by atoms with Crippen LogP contribution in [-0.4, -0.2) is 66.9 Å². The van der Waals surface area contributed by atoms with Crippen molar-refractivity contribution in [3.05, 3.63) is 18.2 Å². The molecule has 0 spiro atoms. The molecule has 8 heteroatoms. The van der Waals surface area contributed by atoms with Crippen LogP contribution in [-0.2, 0) is 4.79 Å². The third kappa shape index (κ3) is 3.87. The highest BCUT2D eigenvalue weighted by Gasteiger charge is 2.34. The van der Waals surface area contributed by atoms with Crippen molar-refractivity contribution in [2.45, 2.75) is 44.2 Å². The van der Waals surface area contributed by atoms with Gasteiger partial charge in [-0.15, -0.1) is 0 Å². The standard InChI is InChI=1S/C20H27N3O5/c24-8-6-15-3-1-2-7-22(15)20(26)21-14-11-19(25)23(13-14)16-4-5-17-18(12-16)28-10-9-27-17/h4-5,12,14-15,24H,1-3,6-11,13H2,(H,21,26)/t14-,15+/m0/s1. The van der Waals surface area contributed by atoms with E-state index >= 15 is 0 Å². The molecule has 1 aromatic rings. The average molecular weight is 389 g/mol. The number of piperidine rings is 1. The quantitative estimate of drug-likeness (QED) is 0.815. The molecule has 4 rings (SSSR count). The van der Waals surface area contributed by atoms with Crippen LogP contribution in [0.15, 0.2) is 18.2 Å². The van der Waals surface area contributed by atoms with Crippen molar-refractivity contribution >= 4 is 17.6 Å². The number of fused-ring (bicyclic) bond motifs is 1. The Balaban J connectivity index is 1.40. The van der Waals surface area contributed by atoms with Crippen molar-refractivity contribution in [1.82, 2.24) is 10.2 Å². The number of anilines is 1. The van der Waals surface area contributed by atoms with Gasteiger partial charge in [0.15, 0.2) is 11.5 Å². The lowest BCUT2D eigenvalue weighted by Crippen LogP contribution is -2.52. The van der Waals surface area contributed by atoms with Gasteiger partial charge in [-0.1, -0.05) is 0 Å². The van der Waals surface area contributed by atoms with Gasteiger partial charge in [0.2, 0.25) is 5.91 Å². The number of hydrogen-bond donors (Lipinski definition) is 2. The van der Waals surface area contributed by atoms with Crippen LogP contribution in [0.5, 0.6) is 11.5 Å². The Labute approximate surface area is 164 Å². The van der Waals surface area contributed by atoms with Crippen LogP contribution in [0.2, 0.25) is 0 Å². The molecule has 3 amide bonds. The van der Waals surface area contributed by atoms with Gasteiger partial charge in [-0.2, -0.15) is 0 Å². The number of carbonyl (C=O) groups excluding carboxylic acids is 2. The Morgan fingerprint density at radius 2 is 2.04 bits per heavy atom. The Bertz CT molecular complexity index is 739. The maximum Gasteiger partial charge on any atom is 0.317 e. The predicted molar refractivity (Wildman–Crippen MR) is 103 cm³/mol. The summed E-state index contributed by atoms with van der Waals surface area (Å²) in [6.07, 6.45) is 3.84. The second-order valence-corrected chi connectivity index (χ2v) is 7.54. The van der Waals surface area contributed by atoms with Gasteiger partial charge in [0, 0.05) is 43.9 Å². The van der Waals surface area contributed by atoms with Crippen molar-refractivity contribution in [2.75, 3.05) is 37.8 Å². The molecule has 3 aliphatic heterocycles. The minimum atomic E-state index is -0.232. The van der Waals surface area contributed by atoms with Crippen LogP contribution in [0.25, 0.3) is 0 Å². The summed E-state index contributed by atoms with van der Waals surface area (Å²) in [7, 11) is 0. The van der Waals surface area contributed by atoms with Gasteiger partial charge in [-0.25, -0.2) is 4.79 Å². The number of ether oxygens (including phenoxy) is 2. The summed E-state index contributed by atoms with van der Waals surface area (Å²) in [6.45, 7) is 2.23. The van der Waals surface area contributed by atoms with Gasteiger partial charge in [0.25, 0.3) is 0 Å². The number of hydrogen-bond acceptors (Lipinski definition) is 5. The Morgan fingerprint density at radius 3 is 2.86 bits per heavy atom. The van der Waals surface area contributed by atoms with E-state index in [1.165, 1.54) is 0 Å². The van der Waals surface area contributed by atoms with Gasteiger partial charge in [-0.3, -0.25) is 4.79 Å². The first-order valence-electron chi connectivity index (χ1n) is 10.0. The van der Waals surface area contributed by atoms with Gasteiger partial charge in [0.05, 0.1) is 6.04 Å². The molecular formula is C20H27N3O5. The zero-order valence-electron chi connectivity index (χ0n) is 15.9. The van der Waals surface area contributed by atoms with Crippen LogP contribution < -0.4 is 19.7 Å². The number of benzene rings is 1. The second-order valence-electron chi connectivity index (χ2n) is 7.54. The highest BCUT2D eigenvalue weighted by atomic mass is 16.6. The zero-order chi connectivity index (χ0) is 19.5. The molecule has 3 aliphatic rings. The van der Waals surface area contributed by atoms with Crippen molar-refractivity contribution in [3.8, 4) is 11.5 Å². The summed E-state index contributed by atoms with van der Waals surface area (Å²) < 4.78 is 11.1. The number of likely N-dealkylation sites (tertiary alicyclic amines) is 1. The van der Waals surface area contributed by atoms with E-state index < -0.39 is 0 Å². The highest BCUT2D eigenvalue weighted by Crippen LogP contribution is 2.35. The van der Waals surface area contributed by atoms with Crippen molar-refractivity contribution in [2.24, 2.45) is 0 Å². The third-order valence-electron chi connectivity index (χ3n) is 5.64. The van der Waals surface area contributed by atoms with Crippen molar-refractivity contribution in [3.63, 3.8) is 0 Å². The highest BCUT2D eigenvalue weighted by molar-refractivity contribution is 5.97. The predicted octanol–water partition coefficient (Wildman–Crippen LogP) is 1.51. The molecule has 0 unspecified atom stereocenters. The van der Waals surface area contributed by atoms with Crippen LogP contribution in [0.1, 0.15) is 32.1 Å². The number of carbonyl (C=O) groups is 2. The van der Waals surface area contributed by atoms with Crippen molar-refractivity contribution < 1.29 is 24.2 Å². The molecule has 152 valence electrons. The summed E-state index contributed by atoms with van der Waals surface area (Å²) in [5.41, 5.74) is 0.752. The largest absolute Gasteiger partial charge is 0.486 e. The topological polar surface area (TPSA) is 91.3 Å². The second kappa shape index (κ2) is 8.26. The van der Waals surface area contributed by atoms with Crippen LogP contribution in [0, 0.1) is 0 Å². The third-order valence-corrected chi connectivity index (χ3v) is 5.64. The van der Waals surface area contributed by atoms with Crippen molar-refractivity contribution in [1.29, 1.82) is 0 Å². The molecule has 2 saturated heterocycles. The molecule has 8 nitrogen and oxygen atoms in total. The lowest BCUT2D eigenvalue weighted by atomic mass is 10.00. The molecule has 2 fully saturated rings. The number of amides is 3. The number of nitrogens with zero attached hydrogens (tertiary/aromatic N) is 2. The molecule has 0 aliphatic carbocycles. The lowest BCUT2D eigenvalue weighted by molar-refractivity contribution is -0.117. The van der Waals surface area contributed by atoms with E-state index in [4.69, 9.17) is 9.47 Å². The summed E-state index contributed by atoms with van der Waals surface area (Å²) in [5, 5.41) is 12.3. The molecule has 28 heavy (non-hydrogen) atoms. The number of aliphatic hydroxyl groups is 1. The number of nitrogens with one attached hydrogen (secondary N) is 1. The average Bonchev–Trinajstić information content (AvgIpc) is 3.08. The van der Waals surface area contributed by atoms with E-state index in [0.29, 0.717) is 44.2 Å². The fourth-order valence-electron chi connectivity index (χ4n) is 4.23. The fraction of sp³-hybridized carbons (Fsp3) is 0.600. The minimum Gasteiger partial charge on any atom is -0.486 e. The lowest BCUT2D eigenvalue weighted by Gasteiger charge is -2.36. The minimum absolute atomic E-state index is 0.0208. The number of urea groups is 1. The fourth-order valence-corrected chi connectivity index (χ4v) is 4.23. The van der Waals surface area contributed by atoms with E-state index in [2.05, 4.69) is 5.32 Å². The first-order valence-corrected chi connectivity index (χ1v) is 10.0. The summed E-state index contributed by atoms with van der Waals surface area (Å²) >= 11 is 0. The number of aliphatic hydroxyl groups excluding tert-OH is 1. The van der Waals surface area contributed by atoms with Gasteiger partial charge >= 0.3 is 6.03 Å². The van der Waals surface area contributed by atoms with Gasteiger partial charge < -0.3 is 29.7 Å². The van der Waals surface area contributed by atoms with Crippen LogP contribution in [0.4, 0.5) is 10.5 Å². The van der Waals surface area contributed by atoms with E-state index in [-0.39, 0.29) is 37.0 Å². The van der Waals surface area contributed by atoms with Gasteiger partial charge in [0.1, 0.15) is 13.2 Å². The van der Waals surface area contributed by atoms with E-state index in [1.807, 2.05) is 23.1 Å². The Hall–Kier alpha value is -2.48. The molecule has 3 heterocycles. The summed E-state index contributed by atoms with van der Waals surface area (Å²) in [4.78, 5) is 28.8. The molecular weight excluding hydrogens is 362 g/mol. The molecule has 0 saturated carbocycles. The molecule has 0 radical (unpaired) electrons. The van der Waals surface area contributed by atoms with E-state index in [9.17, 15) is 14.7 Å². The molecule has 0 bridgehead atoms. The SMILES string of the molecule is O=C1C[C@H](NC(=O)N2CCCC[C@@H]2CCO)CN1c1ccc2c(c1)OCCO2. The smallest absolute Gasteiger partial charge is 0.317 e. The molecule has 2 atom stereocenters. The Kier molecular flexibility index (Phi) is 5.57. The maximum atomic E-state index is 12.7. The molecule has 1 aromatic carbocycles. The first-order chi connectivity index (χ1) is 13.7. The van der Waals surface area contributed by atoms with Crippen LogP contribution in [0.3, 0.4) is 0 Å². The maximum absolute atomic E-state index is 12.7. The number of rotatable bonds is 4. The van der Waals surface area contributed by atoms with E-state index in [0.717, 1.165) is 24.9 Å². The van der Waals surface area contributed by atoms with Crippen LogP contribution >= 0.6 is 0 Å². The molecule has 2 N–H and O–H groups in total. The molecule has 0 aromatic heterocycles. The monoisotopic (exact) mass is 389 g/mol. The summed E-state index contributed by atoms with van der Waals surface area (Å²) in [6, 6.07) is 5.18. The Morgan fingerprint density at radius 1 is 1.21 bits per heavy atom. The summed E-state index contributed by atoms with van der Waals surface area (Å²) in [5.74, 6) is 1.31. The normalized spacial score (nSPS) is 24.4. The first kappa shape index (κ1) is 18.9. The zero-order valence-corrected chi connectivity index (χ0v) is 15.9.